The minimum Gasteiger partial charge on any atom is -0.340 e. The number of carbonyl (C=O) groups is 2. The number of para-hydroxylation sites is 2. The SMILES string of the molecule is CN1C(=O)[C@H](NC(=O)c2cc3ccccc3n2C)N=C(c2ccccc2F)c2ccccc21. The number of fused-ring (bicyclic) bond motifs is 2. The summed E-state index contributed by atoms with van der Waals surface area (Å²) in [7, 11) is 3.42. The van der Waals surface area contributed by atoms with Gasteiger partial charge in [-0.15, -0.1) is 0 Å². The summed E-state index contributed by atoms with van der Waals surface area (Å²) in [6.07, 6.45) is -1.22. The van der Waals surface area contributed by atoms with Crippen LogP contribution in [0.25, 0.3) is 10.9 Å². The molecule has 7 heteroatoms. The normalized spacial score (nSPS) is 15.7. The fourth-order valence-electron chi connectivity index (χ4n) is 4.19. The van der Waals surface area contributed by atoms with Crippen LogP contribution in [0.4, 0.5) is 10.1 Å². The molecule has 164 valence electrons. The van der Waals surface area contributed by atoms with Crippen LogP contribution in [0.5, 0.6) is 0 Å². The Morgan fingerprint density at radius 3 is 2.36 bits per heavy atom. The number of amides is 2. The number of aromatic nitrogens is 1. The molecule has 0 spiro atoms. The molecular formula is C26H21FN4O2. The predicted molar refractivity (Wildman–Crippen MR) is 126 cm³/mol. The molecule has 1 aromatic heterocycles. The average molecular weight is 440 g/mol. The summed E-state index contributed by atoms with van der Waals surface area (Å²) in [6.45, 7) is 0. The summed E-state index contributed by atoms with van der Waals surface area (Å²) in [4.78, 5) is 32.5. The van der Waals surface area contributed by atoms with Gasteiger partial charge in [0.05, 0.1) is 11.4 Å². The number of benzene rings is 3. The van der Waals surface area contributed by atoms with Gasteiger partial charge in [0.1, 0.15) is 11.5 Å². The lowest BCUT2D eigenvalue weighted by Gasteiger charge is -2.21. The fourth-order valence-corrected chi connectivity index (χ4v) is 4.19. The van der Waals surface area contributed by atoms with Crippen molar-refractivity contribution in [3.63, 3.8) is 0 Å². The van der Waals surface area contributed by atoms with Crippen molar-refractivity contribution in [3.05, 3.63) is 102 Å². The first-order chi connectivity index (χ1) is 16.0. The minimum atomic E-state index is -1.22. The Labute approximate surface area is 190 Å². The van der Waals surface area contributed by atoms with E-state index in [4.69, 9.17) is 0 Å². The van der Waals surface area contributed by atoms with Gasteiger partial charge in [-0.1, -0.05) is 48.5 Å². The molecule has 0 bridgehead atoms. The van der Waals surface area contributed by atoms with Crippen LogP contribution >= 0.6 is 0 Å². The van der Waals surface area contributed by atoms with E-state index in [2.05, 4.69) is 10.3 Å². The highest BCUT2D eigenvalue weighted by Gasteiger charge is 2.32. The third-order valence-electron chi connectivity index (χ3n) is 5.92. The van der Waals surface area contributed by atoms with Crippen LogP contribution in [0.2, 0.25) is 0 Å². The van der Waals surface area contributed by atoms with Crippen LogP contribution in [-0.2, 0) is 11.8 Å². The molecule has 0 aliphatic carbocycles. The number of anilines is 1. The Morgan fingerprint density at radius 1 is 0.939 bits per heavy atom. The van der Waals surface area contributed by atoms with E-state index in [1.54, 1.807) is 61.1 Å². The van der Waals surface area contributed by atoms with Gasteiger partial charge in [0, 0.05) is 36.1 Å². The number of halogens is 1. The number of nitrogens with zero attached hydrogens (tertiary/aromatic N) is 3. The molecule has 0 saturated carbocycles. The van der Waals surface area contributed by atoms with E-state index >= 15 is 0 Å². The topological polar surface area (TPSA) is 66.7 Å². The molecule has 1 aliphatic rings. The van der Waals surface area contributed by atoms with E-state index in [9.17, 15) is 14.0 Å². The summed E-state index contributed by atoms with van der Waals surface area (Å²) >= 11 is 0. The third-order valence-corrected chi connectivity index (χ3v) is 5.92. The standard InChI is InChI=1S/C26H21FN4O2/c1-30-20-13-7-3-9-16(20)15-22(30)25(32)29-24-26(33)31(2)21-14-8-5-11-18(21)23(28-24)17-10-4-6-12-19(17)27/h3-15,24H,1-2H3,(H,29,32)/t24-/m0/s1. The van der Waals surface area contributed by atoms with E-state index in [0.717, 1.165) is 10.9 Å². The van der Waals surface area contributed by atoms with Crippen molar-refractivity contribution in [2.75, 3.05) is 11.9 Å². The first-order valence-corrected chi connectivity index (χ1v) is 10.5. The highest BCUT2D eigenvalue weighted by molar-refractivity contribution is 6.20. The molecule has 1 atom stereocenters. The van der Waals surface area contributed by atoms with Gasteiger partial charge in [0.15, 0.2) is 0 Å². The zero-order valence-corrected chi connectivity index (χ0v) is 18.1. The van der Waals surface area contributed by atoms with Crippen LogP contribution in [-0.4, -0.2) is 35.3 Å². The maximum atomic E-state index is 14.8. The van der Waals surface area contributed by atoms with Crippen molar-refractivity contribution in [2.24, 2.45) is 12.0 Å². The van der Waals surface area contributed by atoms with Gasteiger partial charge in [0.2, 0.25) is 6.17 Å². The van der Waals surface area contributed by atoms with Crippen molar-refractivity contribution in [2.45, 2.75) is 6.17 Å². The molecule has 5 rings (SSSR count). The molecule has 0 radical (unpaired) electrons. The molecular weight excluding hydrogens is 419 g/mol. The number of benzodiazepines with no additional fused rings is 1. The van der Waals surface area contributed by atoms with E-state index in [0.29, 0.717) is 22.7 Å². The van der Waals surface area contributed by atoms with Crippen LogP contribution in [0, 0.1) is 5.82 Å². The molecule has 0 saturated heterocycles. The summed E-state index contributed by atoms with van der Waals surface area (Å²) in [5.74, 6) is -1.31. The maximum absolute atomic E-state index is 14.8. The Kier molecular flexibility index (Phi) is 5.01. The molecule has 0 unspecified atom stereocenters. The van der Waals surface area contributed by atoms with Gasteiger partial charge in [-0.2, -0.15) is 0 Å². The highest BCUT2D eigenvalue weighted by Crippen LogP contribution is 2.28. The van der Waals surface area contributed by atoms with Crippen LogP contribution < -0.4 is 10.2 Å². The smallest absolute Gasteiger partial charge is 0.272 e. The van der Waals surface area contributed by atoms with Crippen molar-refractivity contribution in [1.82, 2.24) is 9.88 Å². The third kappa shape index (κ3) is 3.47. The second-order valence-corrected chi connectivity index (χ2v) is 7.90. The van der Waals surface area contributed by atoms with Gasteiger partial charge in [-0.25, -0.2) is 9.38 Å². The lowest BCUT2D eigenvalue weighted by Crippen LogP contribution is -2.46. The van der Waals surface area contributed by atoms with Crippen LogP contribution in [0.15, 0.2) is 83.9 Å². The Hall–Kier alpha value is -4.26. The summed E-state index contributed by atoms with van der Waals surface area (Å²) in [5.41, 5.74) is 3.07. The average Bonchev–Trinajstić information content (AvgIpc) is 3.13. The quantitative estimate of drug-likeness (QED) is 0.525. The van der Waals surface area contributed by atoms with Gasteiger partial charge in [0.25, 0.3) is 11.8 Å². The Bertz CT molecular complexity index is 1440. The predicted octanol–water partition coefficient (Wildman–Crippen LogP) is 3.89. The number of carbonyl (C=O) groups excluding carboxylic acids is 2. The summed E-state index contributed by atoms with van der Waals surface area (Å²) < 4.78 is 16.5. The lowest BCUT2D eigenvalue weighted by atomic mass is 10.00. The van der Waals surface area contributed by atoms with Gasteiger partial charge in [-0.3, -0.25) is 9.59 Å². The number of nitrogens with one attached hydrogen (secondary N) is 1. The number of aryl methyl sites for hydroxylation is 1. The van der Waals surface area contributed by atoms with Crippen molar-refractivity contribution < 1.29 is 14.0 Å². The lowest BCUT2D eigenvalue weighted by molar-refractivity contribution is -0.119. The van der Waals surface area contributed by atoms with Crippen molar-refractivity contribution >= 4 is 34.1 Å². The molecule has 1 N–H and O–H groups in total. The molecule has 33 heavy (non-hydrogen) atoms. The number of hydrogen-bond donors (Lipinski definition) is 1. The Balaban J connectivity index is 1.60. The number of rotatable bonds is 3. The molecule has 3 aromatic carbocycles. The Morgan fingerprint density at radius 2 is 1.61 bits per heavy atom. The van der Waals surface area contributed by atoms with Gasteiger partial charge in [-0.05, 0) is 30.3 Å². The van der Waals surface area contributed by atoms with E-state index < -0.39 is 23.8 Å². The fraction of sp³-hybridized carbons (Fsp3) is 0.115. The van der Waals surface area contributed by atoms with E-state index in [1.807, 2.05) is 30.3 Å². The first-order valence-electron chi connectivity index (χ1n) is 10.5. The molecule has 4 aromatic rings. The largest absolute Gasteiger partial charge is 0.340 e. The molecule has 0 fully saturated rings. The maximum Gasteiger partial charge on any atom is 0.272 e. The zero-order valence-electron chi connectivity index (χ0n) is 18.1. The number of likely N-dealkylation sites (N-methyl/N-ethyl adjacent to an activating group) is 1. The molecule has 6 nitrogen and oxygen atoms in total. The first kappa shape index (κ1) is 20.6. The number of hydrogen-bond acceptors (Lipinski definition) is 3. The van der Waals surface area contributed by atoms with Gasteiger partial charge < -0.3 is 14.8 Å². The second kappa shape index (κ2) is 8.02. The molecule has 2 heterocycles. The van der Waals surface area contributed by atoms with Crippen molar-refractivity contribution in [3.8, 4) is 0 Å². The number of aliphatic imine (C=N–C) groups is 1. The molecule has 2 amide bonds. The van der Waals surface area contributed by atoms with E-state index in [-0.39, 0.29) is 5.56 Å². The monoisotopic (exact) mass is 440 g/mol. The summed E-state index contributed by atoms with van der Waals surface area (Å²) in [6, 6.07) is 22.8. The van der Waals surface area contributed by atoms with Crippen molar-refractivity contribution in [1.29, 1.82) is 0 Å². The van der Waals surface area contributed by atoms with Gasteiger partial charge >= 0.3 is 0 Å². The molecule has 1 aliphatic heterocycles. The minimum absolute atomic E-state index is 0.261. The second-order valence-electron chi connectivity index (χ2n) is 7.90. The summed E-state index contributed by atoms with van der Waals surface area (Å²) in [5, 5.41) is 3.66. The highest BCUT2D eigenvalue weighted by atomic mass is 19.1. The van der Waals surface area contributed by atoms with E-state index in [1.165, 1.54) is 11.0 Å². The zero-order chi connectivity index (χ0) is 23.1. The van der Waals surface area contributed by atoms with Crippen LogP contribution in [0.1, 0.15) is 21.6 Å². The van der Waals surface area contributed by atoms with Crippen LogP contribution in [0.3, 0.4) is 0 Å².